The number of rotatable bonds is 2. The van der Waals surface area contributed by atoms with E-state index in [0.29, 0.717) is 12.2 Å². The summed E-state index contributed by atoms with van der Waals surface area (Å²) in [6, 6.07) is 3.43. The molecular formula is C13H17BrN2O2. The van der Waals surface area contributed by atoms with Crippen molar-refractivity contribution in [3.8, 4) is 0 Å². The summed E-state index contributed by atoms with van der Waals surface area (Å²) in [5.74, 6) is -0.0897. The van der Waals surface area contributed by atoms with E-state index in [9.17, 15) is 9.90 Å². The van der Waals surface area contributed by atoms with E-state index in [1.807, 2.05) is 6.07 Å². The highest BCUT2D eigenvalue weighted by atomic mass is 79.9. The van der Waals surface area contributed by atoms with Gasteiger partial charge in [0.15, 0.2) is 0 Å². The molecule has 0 radical (unpaired) electrons. The fraction of sp³-hybridized carbons (Fsp3) is 0.538. The molecule has 1 fully saturated rings. The van der Waals surface area contributed by atoms with Crippen LogP contribution in [0.3, 0.4) is 0 Å². The lowest BCUT2D eigenvalue weighted by atomic mass is 9.97. The number of amides is 1. The van der Waals surface area contributed by atoms with Crippen LogP contribution in [0, 0.1) is 0 Å². The summed E-state index contributed by atoms with van der Waals surface area (Å²) >= 11 is 3.30. The molecule has 0 bridgehead atoms. The first kappa shape index (κ1) is 13.5. The molecule has 1 aliphatic rings. The van der Waals surface area contributed by atoms with E-state index in [1.54, 1.807) is 24.1 Å². The summed E-state index contributed by atoms with van der Waals surface area (Å²) < 4.78 is 0.852. The molecule has 0 aliphatic carbocycles. The van der Waals surface area contributed by atoms with Crippen LogP contribution in [0.5, 0.6) is 0 Å². The van der Waals surface area contributed by atoms with E-state index >= 15 is 0 Å². The van der Waals surface area contributed by atoms with Crippen molar-refractivity contribution in [3.63, 3.8) is 0 Å². The first-order valence-electron chi connectivity index (χ1n) is 6.20. The second-order valence-electron chi connectivity index (χ2n) is 4.66. The lowest BCUT2D eigenvalue weighted by Gasteiger charge is -2.37. The standard InChI is InChI=1S/C13H17BrN2O2/c1-9(17)12-4-2-3-7-16(12)13(18)11-6-5-10(14)8-15-11/h5-6,8-9,12,17H,2-4,7H2,1H3. The first-order valence-corrected chi connectivity index (χ1v) is 6.99. The van der Waals surface area contributed by atoms with Gasteiger partial charge in [-0.3, -0.25) is 4.79 Å². The van der Waals surface area contributed by atoms with Crippen molar-refractivity contribution >= 4 is 21.8 Å². The van der Waals surface area contributed by atoms with Crippen LogP contribution in [0.2, 0.25) is 0 Å². The lowest BCUT2D eigenvalue weighted by Crippen LogP contribution is -2.49. The largest absolute Gasteiger partial charge is 0.391 e. The van der Waals surface area contributed by atoms with Gasteiger partial charge in [-0.25, -0.2) is 4.98 Å². The fourth-order valence-electron chi connectivity index (χ4n) is 2.36. The van der Waals surface area contributed by atoms with Gasteiger partial charge in [-0.1, -0.05) is 0 Å². The Hall–Kier alpha value is -0.940. The third-order valence-corrected chi connectivity index (χ3v) is 3.78. The maximum absolute atomic E-state index is 12.4. The third kappa shape index (κ3) is 2.90. The van der Waals surface area contributed by atoms with Gasteiger partial charge in [0.1, 0.15) is 5.69 Å². The zero-order valence-electron chi connectivity index (χ0n) is 10.3. The highest BCUT2D eigenvalue weighted by Crippen LogP contribution is 2.22. The minimum absolute atomic E-state index is 0.0864. The van der Waals surface area contributed by atoms with Gasteiger partial charge in [0.25, 0.3) is 5.91 Å². The Morgan fingerprint density at radius 1 is 1.56 bits per heavy atom. The van der Waals surface area contributed by atoms with Crippen LogP contribution < -0.4 is 0 Å². The summed E-state index contributed by atoms with van der Waals surface area (Å²) in [5.41, 5.74) is 0.436. The van der Waals surface area contributed by atoms with E-state index in [-0.39, 0.29) is 11.9 Å². The minimum Gasteiger partial charge on any atom is -0.391 e. The Labute approximate surface area is 115 Å². The molecule has 5 heteroatoms. The summed E-state index contributed by atoms with van der Waals surface area (Å²) in [6.45, 7) is 2.44. The van der Waals surface area contributed by atoms with E-state index < -0.39 is 6.10 Å². The monoisotopic (exact) mass is 312 g/mol. The molecule has 18 heavy (non-hydrogen) atoms. The normalized spacial score (nSPS) is 21.7. The number of aliphatic hydroxyl groups is 1. The Morgan fingerprint density at radius 2 is 2.33 bits per heavy atom. The predicted octanol–water partition coefficient (Wildman–Crippen LogP) is 2.22. The van der Waals surface area contributed by atoms with E-state index in [4.69, 9.17) is 0 Å². The van der Waals surface area contributed by atoms with Gasteiger partial charge >= 0.3 is 0 Å². The molecule has 1 aliphatic heterocycles. The third-order valence-electron chi connectivity index (χ3n) is 3.31. The number of carbonyl (C=O) groups is 1. The van der Waals surface area contributed by atoms with Gasteiger partial charge in [-0.2, -0.15) is 0 Å². The van der Waals surface area contributed by atoms with Crippen molar-refractivity contribution in [2.75, 3.05) is 6.54 Å². The quantitative estimate of drug-likeness (QED) is 0.911. The van der Waals surface area contributed by atoms with Gasteiger partial charge in [0.2, 0.25) is 0 Å². The summed E-state index contributed by atoms with van der Waals surface area (Å²) in [6.07, 6.45) is 4.04. The number of piperidine rings is 1. The number of aliphatic hydroxyl groups excluding tert-OH is 1. The average Bonchev–Trinajstić information content (AvgIpc) is 2.39. The SMILES string of the molecule is CC(O)C1CCCCN1C(=O)c1ccc(Br)cn1. The number of likely N-dealkylation sites (tertiary alicyclic amines) is 1. The van der Waals surface area contributed by atoms with Crippen LogP contribution in [-0.2, 0) is 0 Å². The molecule has 4 nitrogen and oxygen atoms in total. The molecule has 98 valence electrons. The second kappa shape index (κ2) is 5.80. The molecule has 1 N–H and O–H groups in total. The molecule has 0 aromatic carbocycles. The molecule has 0 spiro atoms. The second-order valence-corrected chi connectivity index (χ2v) is 5.58. The maximum atomic E-state index is 12.4. The molecule has 2 rings (SSSR count). The van der Waals surface area contributed by atoms with Crippen LogP contribution in [0.15, 0.2) is 22.8 Å². The first-order chi connectivity index (χ1) is 8.59. The zero-order chi connectivity index (χ0) is 13.1. The van der Waals surface area contributed by atoms with Crippen molar-refractivity contribution in [1.82, 2.24) is 9.88 Å². The summed E-state index contributed by atoms with van der Waals surface area (Å²) in [7, 11) is 0. The van der Waals surface area contributed by atoms with Crippen LogP contribution in [0.25, 0.3) is 0 Å². The predicted molar refractivity (Wildman–Crippen MR) is 72.3 cm³/mol. The van der Waals surface area contributed by atoms with E-state index in [1.165, 1.54) is 0 Å². The number of carbonyl (C=O) groups excluding carboxylic acids is 1. The molecular weight excluding hydrogens is 296 g/mol. The Bertz CT molecular complexity index is 420. The topological polar surface area (TPSA) is 53.4 Å². The highest BCUT2D eigenvalue weighted by molar-refractivity contribution is 9.10. The summed E-state index contributed by atoms with van der Waals surface area (Å²) in [5, 5.41) is 9.77. The van der Waals surface area contributed by atoms with Crippen molar-refractivity contribution in [3.05, 3.63) is 28.5 Å². The van der Waals surface area contributed by atoms with Gasteiger partial charge < -0.3 is 10.0 Å². The van der Waals surface area contributed by atoms with Crippen LogP contribution in [0.4, 0.5) is 0 Å². The van der Waals surface area contributed by atoms with Crippen LogP contribution >= 0.6 is 15.9 Å². The minimum atomic E-state index is -0.496. The smallest absolute Gasteiger partial charge is 0.272 e. The molecule has 2 heterocycles. The van der Waals surface area contributed by atoms with E-state index in [0.717, 1.165) is 23.7 Å². The lowest BCUT2D eigenvalue weighted by molar-refractivity contribution is 0.0276. The molecule has 2 atom stereocenters. The zero-order valence-corrected chi connectivity index (χ0v) is 11.9. The number of hydrogen-bond acceptors (Lipinski definition) is 3. The number of nitrogens with zero attached hydrogens (tertiary/aromatic N) is 2. The molecule has 0 saturated carbocycles. The fourth-order valence-corrected chi connectivity index (χ4v) is 2.60. The van der Waals surface area contributed by atoms with Gasteiger partial charge in [-0.05, 0) is 54.2 Å². The molecule has 1 saturated heterocycles. The number of aromatic nitrogens is 1. The molecule has 1 amide bonds. The maximum Gasteiger partial charge on any atom is 0.272 e. The van der Waals surface area contributed by atoms with E-state index in [2.05, 4.69) is 20.9 Å². The van der Waals surface area contributed by atoms with Gasteiger partial charge in [0, 0.05) is 17.2 Å². The Balaban J connectivity index is 2.18. The van der Waals surface area contributed by atoms with Crippen molar-refractivity contribution in [1.29, 1.82) is 0 Å². The van der Waals surface area contributed by atoms with Gasteiger partial charge in [-0.15, -0.1) is 0 Å². The molecule has 2 unspecified atom stereocenters. The van der Waals surface area contributed by atoms with Crippen LogP contribution in [0.1, 0.15) is 36.7 Å². The van der Waals surface area contributed by atoms with Crippen LogP contribution in [-0.4, -0.2) is 39.6 Å². The van der Waals surface area contributed by atoms with Crippen molar-refractivity contribution < 1.29 is 9.90 Å². The van der Waals surface area contributed by atoms with Gasteiger partial charge in [0.05, 0.1) is 12.1 Å². The summed E-state index contributed by atoms with van der Waals surface area (Å²) in [4.78, 5) is 18.2. The number of halogens is 1. The highest BCUT2D eigenvalue weighted by Gasteiger charge is 2.30. The number of hydrogen-bond donors (Lipinski definition) is 1. The average molecular weight is 313 g/mol. The molecule has 1 aromatic rings. The Morgan fingerprint density at radius 3 is 2.94 bits per heavy atom. The Kier molecular flexibility index (Phi) is 4.35. The van der Waals surface area contributed by atoms with Crippen molar-refractivity contribution in [2.45, 2.75) is 38.3 Å². The molecule has 1 aromatic heterocycles. The van der Waals surface area contributed by atoms with Crippen molar-refractivity contribution in [2.24, 2.45) is 0 Å². The number of pyridine rings is 1.